The van der Waals surface area contributed by atoms with Crippen LogP contribution in [0.3, 0.4) is 0 Å². The Bertz CT molecular complexity index is 314. The van der Waals surface area contributed by atoms with E-state index < -0.39 is 6.10 Å². The van der Waals surface area contributed by atoms with Crippen molar-refractivity contribution >= 4 is 11.7 Å². The second-order valence-corrected chi connectivity index (χ2v) is 3.57. The number of aliphatic hydroxyl groups excluding tert-OH is 1. The minimum absolute atomic E-state index is 0.276. The van der Waals surface area contributed by atoms with Crippen LogP contribution in [0.25, 0.3) is 0 Å². The summed E-state index contributed by atoms with van der Waals surface area (Å²) in [5, 5.41) is 14.7. The molecule has 87 valence electrons. The number of hydrogen-bond donors (Lipinski definition) is 3. The van der Waals surface area contributed by atoms with Gasteiger partial charge in [0.05, 0.1) is 6.10 Å². The third-order valence-electron chi connectivity index (χ3n) is 2.10. The van der Waals surface area contributed by atoms with Gasteiger partial charge in [0.2, 0.25) is 0 Å². The highest BCUT2D eigenvalue weighted by Gasteiger charge is 2.05. The molecule has 4 nitrogen and oxygen atoms in total. The zero-order valence-corrected chi connectivity index (χ0v) is 9.36. The molecule has 0 aliphatic carbocycles. The van der Waals surface area contributed by atoms with Gasteiger partial charge in [-0.05, 0) is 24.6 Å². The zero-order valence-electron chi connectivity index (χ0n) is 9.36. The van der Waals surface area contributed by atoms with E-state index in [9.17, 15) is 9.90 Å². The van der Waals surface area contributed by atoms with Crippen molar-refractivity contribution in [3.63, 3.8) is 0 Å². The number of aliphatic hydroxyl groups is 1. The number of carbonyl (C=O) groups excluding carboxylic acids is 1. The van der Waals surface area contributed by atoms with Crippen LogP contribution in [0, 0.1) is 6.07 Å². The van der Waals surface area contributed by atoms with Gasteiger partial charge in [0, 0.05) is 12.2 Å². The Morgan fingerprint density at radius 3 is 2.81 bits per heavy atom. The van der Waals surface area contributed by atoms with Gasteiger partial charge in [0.1, 0.15) is 0 Å². The van der Waals surface area contributed by atoms with Crippen LogP contribution in [0.4, 0.5) is 10.5 Å². The van der Waals surface area contributed by atoms with E-state index in [1.807, 2.05) is 6.92 Å². The molecule has 16 heavy (non-hydrogen) atoms. The normalized spacial score (nSPS) is 11.9. The minimum Gasteiger partial charge on any atom is -0.391 e. The van der Waals surface area contributed by atoms with E-state index in [0.29, 0.717) is 12.1 Å². The van der Waals surface area contributed by atoms with Gasteiger partial charge < -0.3 is 15.7 Å². The molecule has 1 unspecified atom stereocenters. The Balaban J connectivity index is 2.26. The highest BCUT2D eigenvalue weighted by molar-refractivity contribution is 5.89. The van der Waals surface area contributed by atoms with Crippen LogP contribution >= 0.6 is 0 Å². The molecule has 0 saturated heterocycles. The molecule has 0 aliphatic heterocycles. The standard InChI is InChI=1S/C12H17N2O2/c1-2-6-11(15)9-13-12(16)14-10-7-4-3-5-8-10/h4-5,7-8,11,15H,2,6,9H2,1H3,(H2,13,14,16). The van der Waals surface area contributed by atoms with Gasteiger partial charge in [-0.3, -0.25) is 0 Å². The highest BCUT2D eigenvalue weighted by atomic mass is 16.3. The Morgan fingerprint density at radius 1 is 1.50 bits per heavy atom. The van der Waals surface area contributed by atoms with Crippen LogP contribution in [0.5, 0.6) is 0 Å². The quantitative estimate of drug-likeness (QED) is 0.709. The van der Waals surface area contributed by atoms with E-state index in [0.717, 1.165) is 6.42 Å². The Hall–Kier alpha value is -1.55. The van der Waals surface area contributed by atoms with Crippen LogP contribution in [0.1, 0.15) is 19.8 Å². The van der Waals surface area contributed by atoms with Gasteiger partial charge in [-0.25, -0.2) is 4.79 Å². The Kier molecular flexibility index (Phi) is 5.36. The molecule has 2 amide bonds. The summed E-state index contributed by atoms with van der Waals surface area (Å²) in [7, 11) is 0. The lowest BCUT2D eigenvalue weighted by molar-refractivity contribution is 0.162. The largest absolute Gasteiger partial charge is 0.391 e. The molecule has 0 saturated carbocycles. The average Bonchev–Trinajstić information content (AvgIpc) is 2.28. The summed E-state index contributed by atoms with van der Waals surface area (Å²) in [6.45, 7) is 2.27. The van der Waals surface area contributed by atoms with Crippen molar-refractivity contribution in [2.24, 2.45) is 0 Å². The first kappa shape index (κ1) is 12.5. The lowest BCUT2D eigenvalue weighted by Crippen LogP contribution is -2.35. The highest BCUT2D eigenvalue weighted by Crippen LogP contribution is 2.03. The summed E-state index contributed by atoms with van der Waals surface area (Å²) in [6, 6.07) is 9.51. The van der Waals surface area contributed by atoms with E-state index in [1.54, 1.807) is 24.3 Å². The maximum atomic E-state index is 11.4. The molecule has 1 radical (unpaired) electrons. The molecule has 4 heteroatoms. The molecule has 1 aromatic rings. The topological polar surface area (TPSA) is 61.4 Å². The zero-order chi connectivity index (χ0) is 11.8. The molecule has 0 fully saturated rings. The van der Waals surface area contributed by atoms with Crippen molar-refractivity contribution in [1.82, 2.24) is 5.32 Å². The average molecular weight is 221 g/mol. The predicted octanol–water partition coefficient (Wildman–Crippen LogP) is 1.77. The summed E-state index contributed by atoms with van der Waals surface area (Å²) in [5.41, 5.74) is 0.709. The van der Waals surface area contributed by atoms with Crippen molar-refractivity contribution < 1.29 is 9.90 Å². The Labute approximate surface area is 95.7 Å². The fourth-order valence-electron chi connectivity index (χ4n) is 1.29. The van der Waals surface area contributed by atoms with Crippen molar-refractivity contribution in [3.05, 3.63) is 30.3 Å². The number of anilines is 1. The summed E-state index contributed by atoms with van der Waals surface area (Å²) in [6.07, 6.45) is 1.12. The van der Waals surface area contributed by atoms with Gasteiger partial charge in [-0.2, -0.15) is 0 Å². The maximum Gasteiger partial charge on any atom is 0.319 e. The smallest absolute Gasteiger partial charge is 0.319 e. The maximum absolute atomic E-state index is 11.4. The first-order valence-electron chi connectivity index (χ1n) is 5.41. The van der Waals surface area contributed by atoms with E-state index in [2.05, 4.69) is 16.7 Å². The second kappa shape index (κ2) is 6.85. The number of nitrogens with one attached hydrogen (secondary N) is 2. The van der Waals surface area contributed by atoms with Crippen molar-refractivity contribution in [1.29, 1.82) is 0 Å². The fraction of sp³-hybridized carbons (Fsp3) is 0.417. The van der Waals surface area contributed by atoms with E-state index >= 15 is 0 Å². The second-order valence-electron chi connectivity index (χ2n) is 3.57. The van der Waals surface area contributed by atoms with Crippen LogP contribution in [-0.4, -0.2) is 23.8 Å². The summed E-state index contributed by atoms with van der Waals surface area (Å²) in [5.74, 6) is 0. The third kappa shape index (κ3) is 4.79. The number of benzene rings is 1. The van der Waals surface area contributed by atoms with E-state index in [-0.39, 0.29) is 12.6 Å². The monoisotopic (exact) mass is 221 g/mol. The number of urea groups is 1. The van der Waals surface area contributed by atoms with Crippen LogP contribution < -0.4 is 10.6 Å². The summed E-state index contributed by atoms with van der Waals surface area (Å²) in [4.78, 5) is 11.4. The van der Waals surface area contributed by atoms with Crippen LogP contribution in [0.2, 0.25) is 0 Å². The predicted molar refractivity (Wildman–Crippen MR) is 63.2 cm³/mol. The van der Waals surface area contributed by atoms with Gasteiger partial charge >= 0.3 is 6.03 Å². The molecule has 1 rings (SSSR count). The number of hydrogen-bond acceptors (Lipinski definition) is 2. The van der Waals surface area contributed by atoms with Gasteiger partial charge in [-0.15, -0.1) is 0 Å². The number of amides is 2. The SMILES string of the molecule is CCCC(O)CNC(=O)Nc1cc[c]cc1. The molecule has 1 aromatic carbocycles. The molecule has 0 bridgehead atoms. The van der Waals surface area contributed by atoms with E-state index in [1.165, 1.54) is 0 Å². The molecular weight excluding hydrogens is 204 g/mol. The third-order valence-corrected chi connectivity index (χ3v) is 2.10. The molecule has 0 aliphatic rings. The molecule has 1 atom stereocenters. The van der Waals surface area contributed by atoms with Crippen LogP contribution in [-0.2, 0) is 0 Å². The molecule has 3 N–H and O–H groups in total. The molecule has 0 aromatic heterocycles. The van der Waals surface area contributed by atoms with Crippen molar-refractivity contribution in [2.45, 2.75) is 25.9 Å². The lowest BCUT2D eigenvalue weighted by atomic mass is 10.2. The first-order valence-corrected chi connectivity index (χ1v) is 5.41. The van der Waals surface area contributed by atoms with Crippen molar-refractivity contribution in [3.8, 4) is 0 Å². The van der Waals surface area contributed by atoms with Gasteiger partial charge in [0.15, 0.2) is 0 Å². The molecule has 0 spiro atoms. The minimum atomic E-state index is -0.472. The van der Waals surface area contributed by atoms with E-state index in [4.69, 9.17) is 0 Å². The van der Waals surface area contributed by atoms with Crippen molar-refractivity contribution in [2.75, 3.05) is 11.9 Å². The fourth-order valence-corrected chi connectivity index (χ4v) is 1.29. The first-order chi connectivity index (χ1) is 7.72. The number of rotatable bonds is 5. The van der Waals surface area contributed by atoms with Gasteiger partial charge in [0.25, 0.3) is 0 Å². The molecule has 0 heterocycles. The van der Waals surface area contributed by atoms with Gasteiger partial charge in [-0.1, -0.05) is 25.5 Å². The van der Waals surface area contributed by atoms with Crippen LogP contribution in [0.15, 0.2) is 24.3 Å². The number of carbonyl (C=O) groups is 1. The lowest BCUT2D eigenvalue weighted by Gasteiger charge is -2.11. The summed E-state index contributed by atoms with van der Waals surface area (Å²) < 4.78 is 0. The Morgan fingerprint density at radius 2 is 2.19 bits per heavy atom. The molecular formula is C12H17N2O2. The summed E-state index contributed by atoms with van der Waals surface area (Å²) >= 11 is 0.